The summed E-state index contributed by atoms with van der Waals surface area (Å²) in [7, 11) is 0. The SMILES string of the molecule is CC(C)CC(CN)CN1CCN2CCCCC2C1. The third-order valence-electron chi connectivity index (χ3n) is 4.58. The van der Waals surface area contributed by atoms with Gasteiger partial charge >= 0.3 is 0 Å². The fraction of sp³-hybridized carbons (Fsp3) is 1.00. The molecule has 106 valence electrons. The van der Waals surface area contributed by atoms with Crippen molar-refractivity contribution in [2.75, 3.05) is 39.3 Å². The average molecular weight is 253 g/mol. The second kappa shape index (κ2) is 6.88. The van der Waals surface area contributed by atoms with Gasteiger partial charge in [0.05, 0.1) is 0 Å². The third kappa shape index (κ3) is 3.94. The molecule has 2 saturated heterocycles. The van der Waals surface area contributed by atoms with E-state index in [1.807, 2.05) is 0 Å². The van der Waals surface area contributed by atoms with Crippen molar-refractivity contribution >= 4 is 0 Å². The summed E-state index contributed by atoms with van der Waals surface area (Å²) in [6.07, 6.45) is 5.53. The highest BCUT2D eigenvalue weighted by atomic mass is 15.3. The topological polar surface area (TPSA) is 32.5 Å². The molecule has 3 heteroatoms. The first-order valence-electron chi connectivity index (χ1n) is 7.85. The molecule has 3 nitrogen and oxygen atoms in total. The van der Waals surface area contributed by atoms with E-state index < -0.39 is 0 Å². The Kier molecular flexibility index (Phi) is 5.46. The number of rotatable bonds is 5. The van der Waals surface area contributed by atoms with E-state index in [1.165, 1.54) is 58.4 Å². The summed E-state index contributed by atoms with van der Waals surface area (Å²) in [6, 6.07) is 0.838. The van der Waals surface area contributed by atoms with Crippen LogP contribution in [0.2, 0.25) is 0 Å². The molecule has 18 heavy (non-hydrogen) atoms. The monoisotopic (exact) mass is 253 g/mol. The van der Waals surface area contributed by atoms with Gasteiger partial charge in [-0.25, -0.2) is 0 Å². The first kappa shape index (κ1) is 14.3. The van der Waals surface area contributed by atoms with E-state index in [0.717, 1.165) is 18.5 Å². The molecule has 0 radical (unpaired) electrons. The van der Waals surface area contributed by atoms with Crippen LogP contribution in [0, 0.1) is 11.8 Å². The van der Waals surface area contributed by atoms with E-state index in [1.54, 1.807) is 0 Å². The smallest absolute Gasteiger partial charge is 0.0223 e. The van der Waals surface area contributed by atoms with Crippen LogP contribution in [0.1, 0.15) is 39.5 Å². The normalized spacial score (nSPS) is 28.3. The maximum Gasteiger partial charge on any atom is 0.0223 e. The molecule has 0 amide bonds. The fourth-order valence-corrected chi connectivity index (χ4v) is 3.66. The van der Waals surface area contributed by atoms with Crippen LogP contribution in [0.5, 0.6) is 0 Å². The van der Waals surface area contributed by atoms with Gasteiger partial charge in [-0.3, -0.25) is 4.90 Å². The summed E-state index contributed by atoms with van der Waals surface area (Å²) >= 11 is 0. The van der Waals surface area contributed by atoms with Crippen molar-refractivity contribution in [1.29, 1.82) is 0 Å². The van der Waals surface area contributed by atoms with Gasteiger partial charge in [0.1, 0.15) is 0 Å². The van der Waals surface area contributed by atoms with Gasteiger partial charge in [-0.15, -0.1) is 0 Å². The number of fused-ring (bicyclic) bond motifs is 1. The number of hydrogen-bond donors (Lipinski definition) is 1. The predicted octanol–water partition coefficient (Wildman–Crippen LogP) is 1.78. The third-order valence-corrected chi connectivity index (χ3v) is 4.58. The molecule has 2 rings (SSSR count). The lowest BCUT2D eigenvalue weighted by Gasteiger charge is -2.45. The lowest BCUT2D eigenvalue weighted by Crippen LogP contribution is -2.55. The van der Waals surface area contributed by atoms with Crippen molar-refractivity contribution in [1.82, 2.24) is 9.80 Å². The van der Waals surface area contributed by atoms with E-state index in [0.29, 0.717) is 5.92 Å². The number of hydrogen-bond acceptors (Lipinski definition) is 3. The van der Waals surface area contributed by atoms with Gasteiger partial charge in [0.2, 0.25) is 0 Å². The quantitative estimate of drug-likeness (QED) is 0.810. The van der Waals surface area contributed by atoms with Crippen molar-refractivity contribution in [3.8, 4) is 0 Å². The molecule has 2 aliphatic rings. The highest BCUT2D eigenvalue weighted by Crippen LogP contribution is 2.22. The Morgan fingerprint density at radius 3 is 2.72 bits per heavy atom. The standard InChI is InChI=1S/C15H31N3/c1-13(2)9-14(10-16)11-17-7-8-18-6-4-3-5-15(18)12-17/h13-15H,3-12,16H2,1-2H3. The summed E-state index contributed by atoms with van der Waals surface area (Å²) in [5.41, 5.74) is 5.93. The lowest BCUT2D eigenvalue weighted by atomic mass is 9.95. The van der Waals surface area contributed by atoms with Crippen LogP contribution >= 0.6 is 0 Å². The number of piperidine rings is 1. The van der Waals surface area contributed by atoms with E-state index in [9.17, 15) is 0 Å². The zero-order valence-electron chi connectivity index (χ0n) is 12.3. The maximum atomic E-state index is 5.93. The Hall–Kier alpha value is -0.120. The molecule has 2 aliphatic heterocycles. The molecule has 0 aromatic carbocycles. The van der Waals surface area contributed by atoms with Crippen molar-refractivity contribution < 1.29 is 0 Å². The second-order valence-electron chi connectivity index (χ2n) is 6.68. The summed E-state index contributed by atoms with van der Waals surface area (Å²) in [4.78, 5) is 5.38. The van der Waals surface area contributed by atoms with E-state index in [-0.39, 0.29) is 0 Å². The zero-order valence-corrected chi connectivity index (χ0v) is 12.3. The molecule has 2 N–H and O–H groups in total. The van der Waals surface area contributed by atoms with Crippen LogP contribution < -0.4 is 5.73 Å². The summed E-state index contributed by atoms with van der Waals surface area (Å²) in [5.74, 6) is 1.47. The molecule has 2 atom stereocenters. The Bertz CT molecular complexity index is 242. The summed E-state index contributed by atoms with van der Waals surface area (Å²) < 4.78 is 0. The molecular weight excluding hydrogens is 222 g/mol. The largest absolute Gasteiger partial charge is 0.330 e. The molecule has 0 bridgehead atoms. The Balaban J connectivity index is 1.79. The lowest BCUT2D eigenvalue weighted by molar-refractivity contribution is 0.0408. The Morgan fingerprint density at radius 1 is 1.17 bits per heavy atom. The minimum Gasteiger partial charge on any atom is -0.330 e. The summed E-state index contributed by atoms with van der Waals surface area (Å²) in [5, 5.41) is 0. The molecular formula is C15H31N3. The molecule has 2 heterocycles. The first-order chi connectivity index (χ1) is 8.69. The maximum absolute atomic E-state index is 5.93. The van der Waals surface area contributed by atoms with Crippen molar-refractivity contribution in [3.63, 3.8) is 0 Å². The van der Waals surface area contributed by atoms with Crippen LogP contribution in [0.3, 0.4) is 0 Å². The Morgan fingerprint density at radius 2 is 2.00 bits per heavy atom. The molecule has 0 saturated carbocycles. The zero-order chi connectivity index (χ0) is 13.0. The van der Waals surface area contributed by atoms with Crippen molar-refractivity contribution in [3.05, 3.63) is 0 Å². The van der Waals surface area contributed by atoms with Crippen LogP contribution in [-0.4, -0.2) is 55.1 Å². The van der Waals surface area contributed by atoms with Crippen LogP contribution in [0.15, 0.2) is 0 Å². The second-order valence-corrected chi connectivity index (χ2v) is 6.68. The van der Waals surface area contributed by atoms with Crippen LogP contribution in [0.4, 0.5) is 0 Å². The number of nitrogens with zero attached hydrogens (tertiary/aromatic N) is 2. The van der Waals surface area contributed by atoms with Gasteiger partial charge in [-0.2, -0.15) is 0 Å². The minimum atomic E-state index is 0.695. The van der Waals surface area contributed by atoms with Gasteiger partial charge in [-0.1, -0.05) is 20.3 Å². The molecule has 0 spiro atoms. The highest BCUT2D eigenvalue weighted by molar-refractivity contribution is 4.86. The molecule has 0 aromatic heterocycles. The summed E-state index contributed by atoms with van der Waals surface area (Å²) in [6.45, 7) is 11.8. The predicted molar refractivity (Wildman–Crippen MR) is 77.7 cm³/mol. The number of nitrogens with two attached hydrogens (primary N) is 1. The van der Waals surface area contributed by atoms with Gasteiger partial charge in [-0.05, 0) is 44.2 Å². The van der Waals surface area contributed by atoms with E-state index in [2.05, 4.69) is 23.6 Å². The fourth-order valence-electron chi connectivity index (χ4n) is 3.66. The average Bonchev–Trinajstić information content (AvgIpc) is 2.37. The van der Waals surface area contributed by atoms with Gasteiger partial charge < -0.3 is 10.6 Å². The first-order valence-corrected chi connectivity index (χ1v) is 7.85. The molecule has 0 aromatic rings. The van der Waals surface area contributed by atoms with Gasteiger partial charge in [0.15, 0.2) is 0 Å². The molecule has 2 fully saturated rings. The van der Waals surface area contributed by atoms with Crippen molar-refractivity contribution in [2.24, 2.45) is 17.6 Å². The van der Waals surface area contributed by atoms with Gasteiger partial charge in [0, 0.05) is 32.2 Å². The highest BCUT2D eigenvalue weighted by Gasteiger charge is 2.29. The Labute approximate surface area is 113 Å². The number of piperazine rings is 1. The minimum absolute atomic E-state index is 0.695. The van der Waals surface area contributed by atoms with Crippen LogP contribution in [-0.2, 0) is 0 Å². The molecule has 0 aliphatic carbocycles. The van der Waals surface area contributed by atoms with Crippen LogP contribution in [0.25, 0.3) is 0 Å². The van der Waals surface area contributed by atoms with Gasteiger partial charge in [0.25, 0.3) is 0 Å². The van der Waals surface area contributed by atoms with Crippen molar-refractivity contribution in [2.45, 2.75) is 45.6 Å². The van der Waals surface area contributed by atoms with E-state index >= 15 is 0 Å². The molecule has 2 unspecified atom stereocenters. The van der Waals surface area contributed by atoms with E-state index in [4.69, 9.17) is 5.73 Å².